The summed E-state index contributed by atoms with van der Waals surface area (Å²) in [7, 11) is 0. The van der Waals surface area contributed by atoms with E-state index in [9.17, 15) is 0 Å². The van der Waals surface area contributed by atoms with Crippen molar-refractivity contribution in [1.82, 2.24) is 4.90 Å². The third kappa shape index (κ3) is 3.33. The Morgan fingerprint density at radius 3 is 2.70 bits per heavy atom. The van der Waals surface area contributed by atoms with E-state index in [0.29, 0.717) is 19.7 Å². The molecule has 0 bridgehead atoms. The molecule has 0 fully saturated rings. The summed E-state index contributed by atoms with van der Waals surface area (Å²) in [5.74, 6) is 0.226. The maximum Gasteiger partial charge on any atom is 0.209 e. The third-order valence-electron chi connectivity index (χ3n) is 3.94. The van der Waals surface area contributed by atoms with E-state index < -0.39 is 0 Å². The summed E-state index contributed by atoms with van der Waals surface area (Å²) in [5.41, 5.74) is 9.25. The Hall–Kier alpha value is -2.84. The van der Waals surface area contributed by atoms with Gasteiger partial charge in [-0.3, -0.25) is 0 Å². The molecule has 3 rings (SSSR count). The Kier molecular flexibility index (Phi) is 4.55. The van der Waals surface area contributed by atoms with Gasteiger partial charge in [0.1, 0.15) is 6.10 Å². The first kappa shape index (κ1) is 15.1. The van der Waals surface area contributed by atoms with Crippen LogP contribution in [-0.4, -0.2) is 24.0 Å². The predicted octanol–water partition coefficient (Wildman–Crippen LogP) is 2.40. The molecule has 2 N–H and O–H groups in total. The molecular weight excluding hydrogens is 288 g/mol. The van der Waals surface area contributed by atoms with Gasteiger partial charge in [-0.05, 0) is 16.7 Å². The van der Waals surface area contributed by atoms with Crippen molar-refractivity contribution in [3.05, 3.63) is 71.3 Å². The van der Waals surface area contributed by atoms with Crippen LogP contribution in [0.4, 0.5) is 0 Å². The van der Waals surface area contributed by atoms with Crippen LogP contribution < -0.4 is 5.73 Å². The molecule has 0 amide bonds. The van der Waals surface area contributed by atoms with Crippen LogP contribution in [0.5, 0.6) is 0 Å². The summed E-state index contributed by atoms with van der Waals surface area (Å²) in [6.07, 6.45) is 1.65. The number of nitriles is 1. The van der Waals surface area contributed by atoms with E-state index in [0.717, 1.165) is 16.7 Å². The molecule has 0 aliphatic carbocycles. The van der Waals surface area contributed by atoms with Crippen LogP contribution in [0.25, 0.3) is 0 Å². The molecule has 0 aromatic heterocycles. The molecule has 5 heteroatoms. The number of aliphatic imine (C=N–C) groups is 1. The lowest BCUT2D eigenvalue weighted by molar-refractivity contribution is 0.0628. The molecule has 1 unspecified atom stereocenters. The summed E-state index contributed by atoms with van der Waals surface area (Å²) in [6.45, 7) is 1.71. The van der Waals surface area contributed by atoms with Crippen molar-refractivity contribution in [3.8, 4) is 6.19 Å². The Labute approximate surface area is 135 Å². The zero-order chi connectivity index (χ0) is 16.1. The SMILES string of the molecule is N#CN=C(N)N1CCOC(c2ccccc2)c2ccccc2C1. The number of rotatable bonds is 1. The molecule has 1 aliphatic heterocycles. The molecular formula is C18H18N4O. The number of fused-ring (bicyclic) bond motifs is 1. The number of hydrogen-bond acceptors (Lipinski definition) is 3. The molecule has 0 saturated heterocycles. The molecule has 0 saturated carbocycles. The van der Waals surface area contributed by atoms with Gasteiger partial charge in [0.15, 0.2) is 0 Å². The van der Waals surface area contributed by atoms with Gasteiger partial charge in [-0.25, -0.2) is 0 Å². The largest absolute Gasteiger partial charge is 0.369 e. The van der Waals surface area contributed by atoms with E-state index in [-0.39, 0.29) is 12.1 Å². The molecule has 116 valence electrons. The highest BCUT2D eigenvalue weighted by atomic mass is 16.5. The quantitative estimate of drug-likeness (QED) is 0.499. The second-order valence-electron chi connectivity index (χ2n) is 5.35. The van der Waals surface area contributed by atoms with Crippen LogP contribution in [0.1, 0.15) is 22.8 Å². The maximum absolute atomic E-state index is 8.70. The van der Waals surface area contributed by atoms with Gasteiger partial charge >= 0.3 is 0 Å². The second-order valence-corrected chi connectivity index (χ2v) is 5.35. The second kappa shape index (κ2) is 6.95. The van der Waals surface area contributed by atoms with Crippen LogP contribution >= 0.6 is 0 Å². The average molecular weight is 306 g/mol. The fraction of sp³-hybridized carbons (Fsp3) is 0.222. The van der Waals surface area contributed by atoms with Crippen LogP contribution in [-0.2, 0) is 11.3 Å². The summed E-state index contributed by atoms with van der Waals surface area (Å²) in [6, 6.07) is 18.3. The Balaban J connectivity index is 1.98. The summed E-state index contributed by atoms with van der Waals surface area (Å²) >= 11 is 0. The molecule has 1 atom stereocenters. The average Bonchev–Trinajstić information content (AvgIpc) is 2.57. The van der Waals surface area contributed by atoms with Crippen molar-refractivity contribution in [2.75, 3.05) is 13.2 Å². The van der Waals surface area contributed by atoms with E-state index in [1.165, 1.54) is 0 Å². The molecule has 1 aliphatic rings. The normalized spacial score (nSPS) is 18.5. The third-order valence-corrected chi connectivity index (χ3v) is 3.94. The number of guanidine groups is 1. The monoisotopic (exact) mass is 306 g/mol. The molecule has 5 nitrogen and oxygen atoms in total. The fourth-order valence-corrected chi connectivity index (χ4v) is 2.81. The molecule has 23 heavy (non-hydrogen) atoms. The zero-order valence-electron chi connectivity index (χ0n) is 12.7. The van der Waals surface area contributed by atoms with Gasteiger partial charge in [0, 0.05) is 13.1 Å². The molecule has 0 spiro atoms. The van der Waals surface area contributed by atoms with Gasteiger partial charge in [-0.1, -0.05) is 54.6 Å². The lowest BCUT2D eigenvalue weighted by Gasteiger charge is -2.30. The minimum absolute atomic E-state index is 0.0938. The highest BCUT2D eigenvalue weighted by Crippen LogP contribution is 2.30. The van der Waals surface area contributed by atoms with E-state index in [1.54, 1.807) is 6.19 Å². The van der Waals surface area contributed by atoms with Gasteiger partial charge in [0.25, 0.3) is 0 Å². The highest BCUT2D eigenvalue weighted by Gasteiger charge is 2.22. The van der Waals surface area contributed by atoms with E-state index in [1.807, 2.05) is 35.2 Å². The number of hydrogen-bond donors (Lipinski definition) is 1. The van der Waals surface area contributed by atoms with Gasteiger partial charge in [0.05, 0.1) is 6.61 Å². The van der Waals surface area contributed by atoms with Crippen molar-refractivity contribution < 1.29 is 4.74 Å². The highest BCUT2D eigenvalue weighted by molar-refractivity contribution is 5.79. The van der Waals surface area contributed by atoms with E-state index in [4.69, 9.17) is 15.7 Å². The van der Waals surface area contributed by atoms with E-state index >= 15 is 0 Å². The van der Waals surface area contributed by atoms with Gasteiger partial charge in [-0.2, -0.15) is 5.26 Å². The van der Waals surface area contributed by atoms with Crippen LogP contribution in [0.3, 0.4) is 0 Å². The fourth-order valence-electron chi connectivity index (χ4n) is 2.81. The minimum Gasteiger partial charge on any atom is -0.369 e. The van der Waals surface area contributed by atoms with Gasteiger partial charge in [-0.15, -0.1) is 4.99 Å². The molecule has 0 radical (unpaired) electrons. The predicted molar refractivity (Wildman–Crippen MR) is 88.3 cm³/mol. The standard InChI is InChI=1S/C18H18N4O/c19-13-21-18(20)22-10-11-23-17(14-6-2-1-3-7-14)16-9-5-4-8-15(16)12-22/h1-9,17H,10-12H2,(H2,20,21). The smallest absolute Gasteiger partial charge is 0.209 e. The molecule has 2 aromatic carbocycles. The summed E-state index contributed by atoms with van der Waals surface area (Å²) in [5, 5.41) is 8.70. The van der Waals surface area contributed by atoms with Crippen LogP contribution in [0.2, 0.25) is 0 Å². The Bertz CT molecular complexity index is 736. The maximum atomic E-state index is 8.70. The molecule has 2 aromatic rings. The van der Waals surface area contributed by atoms with Gasteiger partial charge < -0.3 is 15.4 Å². The summed E-state index contributed by atoms with van der Waals surface area (Å²) in [4.78, 5) is 5.51. The molecule has 1 heterocycles. The number of nitrogens with two attached hydrogens (primary N) is 1. The van der Waals surface area contributed by atoms with Crippen molar-refractivity contribution in [1.29, 1.82) is 5.26 Å². The topological polar surface area (TPSA) is 74.6 Å². The lowest BCUT2D eigenvalue weighted by atomic mass is 9.96. The first-order chi connectivity index (χ1) is 11.3. The van der Waals surface area contributed by atoms with Crippen molar-refractivity contribution in [2.45, 2.75) is 12.6 Å². The van der Waals surface area contributed by atoms with Gasteiger partial charge in [0.2, 0.25) is 12.2 Å². The van der Waals surface area contributed by atoms with Crippen LogP contribution in [0, 0.1) is 11.5 Å². The number of nitrogens with zero attached hydrogens (tertiary/aromatic N) is 3. The Morgan fingerprint density at radius 2 is 1.91 bits per heavy atom. The van der Waals surface area contributed by atoms with Crippen LogP contribution in [0.15, 0.2) is 59.6 Å². The first-order valence-electron chi connectivity index (χ1n) is 7.51. The van der Waals surface area contributed by atoms with Crippen molar-refractivity contribution in [2.24, 2.45) is 10.7 Å². The van der Waals surface area contributed by atoms with E-state index in [2.05, 4.69) is 29.3 Å². The lowest BCUT2D eigenvalue weighted by Crippen LogP contribution is -2.40. The zero-order valence-corrected chi connectivity index (χ0v) is 12.7. The first-order valence-corrected chi connectivity index (χ1v) is 7.51. The number of benzene rings is 2. The van der Waals surface area contributed by atoms with Crippen molar-refractivity contribution >= 4 is 5.96 Å². The summed E-state index contributed by atoms with van der Waals surface area (Å²) < 4.78 is 6.12. The minimum atomic E-state index is -0.0938. The van der Waals surface area contributed by atoms with Crippen molar-refractivity contribution in [3.63, 3.8) is 0 Å². The number of ether oxygens (including phenoxy) is 1. The Morgan fingerprint density at radius 1 is 1.17 bits per heavy atom.